The van der Waals surface area contributed by atoms with E-state index in [0.717, 1.165) is 12.8 Å². The van der Waals surface area contributed by atoms with Crippen LogP contribution in [0.25, 0.3) is 0 Å². The number of carbonyl (C=O) groups excluding carboxylic acids is 4. The van der Waals surface area contributed by atoms with Crippen LogP contribution in [0.5, 0.6) is 0 Å². The van der Waals surface area contributed by atoms with Crippen molar-refractivity contribution < 1.29 is 28.8 Å². The molecule has 1 aliphatic heterocycles. The van der Waals surface area contributed by atoms with Crippen molar-refractivity contribution in [1.29, 1.82) is 0 Å². The molecule has 0 saturated heterocycles. The molecule has 3 rings (SSSR count). The Labute approximate surface area is 163 Å². The number of alkyl carbamates (subject to hydrolysis) is 1. The summed E-state index contributed by atoms with van der Waals surface area (Å²) in [5.74, 6) is -2.57. The summed E-state index contributed by atoms with van der Waals surface area (Å²) in [4.78, 5) is 54.3. The second kappa shape index (κ2) is 7.61. The Morgan fingerprint density at radius 1 is 1.11 bits per heavy atom. The molecular weight excluding hydrogens is 364 g/mol. The van der Waals surface area contributed by atoms with Gasteiger partial charge >= 0.3 is 12.1 Å². The van der Waals surface area contributed by atoms with E-state index in [9.17, 15) is 19.2 Å². The normalized spacial score (nSPS) is 21.5. The fourth-order valence-corrected chi connectivity index (χ4v) is 3.53. The maximum Gasteiger partial charge on any atom is 0.407 e. The van der Waals surface area contributed by atoms with E-state index in [1.165, 1.54) is 12.1 Å². The van der Waals surface area contributed by atoms with Crippen LogP contribution in [0.3, 0.4) is 0 Å². The standard InChI is InChI=1S/C20H24N2O6/c1-20(2,3)27-19(26)21-11-12-7-6-10-13(12)18(25)28-22-16(23)14-8-4-5-9-15(14)17(22)24/h4-5,8-9,12-13H,6-7,10-11H2,1-3H3,(H,21,26). The molecule has 1 aromatic carbocycles. The summed E-state index contributed by atoms with van der Waals surface area (Å²) in [6.07, 6.45) is 1.55. The number of hydroxylamine groups is 2. The Hall–Kier alpha value is -2.90. The van der Waals surface area contributed by atoms with Gasteiger partial charge in [0.2, 0.25) is 0 Å². The summed E-state index contributed by atoms with van der Waals surface area (Å²) >= 11 is 0. The highest BCUT2D eigenvalue weighted by atomic mass is 16.7. The number of nitrogens with zero attached hydrogens (tertiary/aromatic N) is 1. The quantitative estimate of drug-likeness (QED) is 0.796. The lowest BCUT2D eigenvalue weighted by atomic mass is 9.96. The zero-order valence-corrected chi connectivity index (χ0v) is 16.2. The molecule has 8 heteroatoms. The fourth-order valence-electron chi connectivity index (χ4n) is 3.53. The van der Waals surface area contributed by atoms with E-state index in [2.05, 4.69) is 5.32 Å². The van der Waals surface area contributed by atoms with E-state index in [-0.39, 0.29) is 23.6 Å². The van der Waals surface area contributed by atoms with Gasteiger partial charge in [-0.3, -0.25) is 9.59 Å². The number of hydrogen-bond donors (Lipinski definition) is 1. The van der Waals surface area contributed by atoms with Gasteiger partial charge in [-0.25, -0.2) is 9.59 Å². The monoisotopic (exact) mass is 388 g/mol. The van der Waals surface area contributed by atoms with Gasteiger partial charge in [0.25, 0.3) is 11.8 Å². The van der Waals surface area contributed by atoms with Gasteiger partial charge in [-0.1, -0.05) is 23.6 Å². The molecule has 28 heavy (non-hydrogen) atoms. The first-order valence-electron chi connectivity index (χ1n) is 9.34. The maximum atomic E-state index is 12.6. The van der Waals surface area contributed by atoms with Crippen LogP contribution in [0.2, 0.25) is 0 Å². The summed E-state index contributed by atoms with van der Waals surface area (Å²) in [7, 11) is 0. The molecule has 2 atom stereocenters. The summed E-state index contributed by atoms with van der Waals surface area (Å²) in [6, 6.07) is 6.33. The van der Waals surface area contributed by atoms with E-state index in [0.29, 0.717) is 11.5 Å². The molecule has 2 unspecified atom stereocenters. The van der Waals surface area contributed by atoms with E-state index in [1.807, 2.05) is 0 Å². The minimum absolute atomic E-state index is 0.143. The maximum absolute atomic E-state index is 12.6. The topological polar surface area (TPSA) is 102 Å². The van der Waals surface area contributed by atoms with Crippen molar-refractivity contribution in [2.45, 2.75) is 45.6 Å². The number of ether oxygens (including phenoxy) is 1. The molecule has 8 nitrogen and oxygen atoms in total. The average molecular weight is 388 g/mol. The van der Waals surface area contributed by atoms with Crippen LogP contribution >= 0.6 is 0 Å². The van der Waals surface area contributed by atoms with Gasteiger partial charge in [-0.2, -0.15) is 0 Å². The third kappa shape index (κ3) is 4.16. The van der Waals surface area contributed by atoms with E-state index >= 15 is 0 Å². The van der Waals surface area contributed by atoms with Crippen LogP contribution in [0.4, 0.5) is 4.79 Å². The van der Waals surface area contributed by atoms with Gasteiger partial charge in [-0.05, 0) is 51.7 Å². The third-order valence-electron chi connectivity index (χ3n) is 4.81. The highest BCUT2D eigenvalue weighted by Crippen LogP contribution is 2.33. The molecule has 2 aliphatic rings. The summed E-state index contributed by atoms with van der Waals surface area (Å²) < 4.78 is 5.20. The highest BCUT2D eigenvalue weighted by Gasteiger charge is 2.42. The van der Waals surface area contributed by atoms with Gasteiger partial charge in [0.15, 0.2) is 0 Å². The van der Waals surface area contributed by atoms with Crippen molar-refractivity contribution in [3.05, 3.63) is 35.4 Å². The molecule has 0 aromatic heterocycles. The van der Waals surface area contributed by atoms with Crippen molar-refractivity contribution in [2.24, 2.45) is 11.8 Å². The summed E-state index contributed by atoms with van der Waals surface area (Å²) in [6.45, 7) is 5.57. The number of hydrogen-bond acceptors (Lipinski definition) is 6. The van der Waals surface area contributed by atoms with Gasteiger partial charge in [-0.15, -0.1) is 0 Å². The summed E-state index contributed by atoms with van der Waals surface area (Å²) in [5, 5.41) is 3.21. The molecular formula is C20H24N2O6. The van der Waals surface area contributed by atoms with Gasteiger partial charge in [0, 0.05) is 6.54 Å². The smallest absolute Gasteiger partial charge is 0.407 e. The molecule has 1 N–H and O–H groups in total. The number of imide groups is 1. The first kappa shape index (κ1) is 19.9. The lowest BCUT2D eigenvalue weighted by molar-refractivity contribution is -0.175. The highest BCUT2D eigenvalue weighted by molar-refractivity contribution is 6.20. The summed E-state index contributed by atoms with van der Waals surface area (Å²) in [5.41, 5.74) is -0.173. The molecule has 0 bridgehead atoms. The molecule has 150 valence electrons. The molecule has 1 aromatic rings. The Balaban J connectivity index is 1.59. The fraction of sp³-hybridized carbons (Fsp3) is 0.500. The molecule has 3 amide bonds. The lowest BCUT2D eigenvalue weighted by Crippen LogP contribution is -2.39. The van der Waals surface area contributed by atoms with Crippen LogP contribution in [-0.2, 0) is 14.4 Å². The Morgan fingerprint density at radius 3 is 2.29 bits per heavy atom. The van der Waals surface area contributed by atoms with Crippen LogP contribution < -0.4 is 5.32 Å². The number of rotatable bonds is 4. The molecule has 1 aliphatic carbocycles. The zero-order chi connectivity index (χ0) is 20.5. The van der Waals surface area contributed by atoms with Crippen molar-refractivity contribution in [3.63, 3.8) is 0 Å². The van der Waals surface area contributed by atoms with Crippen LogP contribution in [-0.4, -0.2) is 41.1 Å². The van der Waals surface area contributed by atoms with E-state index < -0.39 is 35.4 Å². The largest absolute Gasteiger partial charge is 0.444 e. The third-order valence-corrected chi connectivity index (χ3v) is 4.81. The zero-order valence-electron chi connectivity index (χ0n) is 16.2. The molecule has 1 heterocycles. The first-order valence-corrected chi connectivity index (χ1v) is 9.34. The minimum atomic E-state index is -0.643. The number of carbonyl (C=O) groups is 4. The van der Waals surface area contributed by atoms with Crippen LogP contribution in [0, 0.1) is 11.8 Å². The van der Waals surface area contributed by atoms with Crippen LogP contribution in [0.15, 0.2) is 24.3 Å². The van der Waals surface area contributed by atoms with E-state index in [4.69, 9.17) is 9.57 Å². The first-order chi connectivity index (χ1) is 13.2. The Bertz CT molecular complexity index is 778. The number of amides is 3. The Kier molecular flexibility index (Phi) is 5.40. The number of fused-ring (bicyclic) bond motifs is 1. The van der Waals surface area contributed by atoms with E-state index in [1.54, 1.807) is 32.9 Å². The van der Waals surface area contributed by atoms with Crippen molar-refractivity contribution >= 4 is 23.9 Å². The van der Waals surface area contributed by atoms with Gasteiger partial charge < -0.3 is 14.9 Å². The van der Waals surface area contributed by atoms with Crippen LogP contribution in [0.1, 0.15) is 60.7 Å². The number of benzene rings is 1. The molecule has 1 saturated carbocycles. The second-order valence-electron chi connectivity index (χ2n) is 8.04. The van der Waals surface area contributed by atoms with Crippen molar-refractivity contribution in [3.8, 4) is 0 Å². The molecule has 0 radical (unpaired) electrons. The second-order valence-corrected chi connectivity index (χ2v) is 8.04. The average Bonchev–Trinajstić information content (AvgIpc) is 3.18. The van der Waals surface area contributed by atoms with Gasteiger partial charge in [0.05, 0.1) is 17.0 Å². The predicted octanol–water partition coefficient (Wildman–Crippen LogP) is 2.68. The van der Waals surface area contributed by atoms with Gasteiger partial charge in [0.1, 0.15) is 5.60 Å². The van der Waals surface area contributed by atoms with Crippen molar-refractivity contribution in [2.75, 3.05) is 6.54 Å². The van der Waals surface area contributed by atoms with Crippen molar-refractivity contribution in [1.82, 2.24) is 10.4 Å². The lowest BCUT2D eigenvalue weighted by Gasteiger charge is -2.23. The SMILES string of the molecule is CC(C)(C)OC(=O)NCC1CCCC1C(=O)ON1C(=O)c2ccccc2C1=O. The predicted molar refractivity (Wildman–Crippen MR) is 98.1 cm³/mol. The minimum Gasteiger partial charge on any atom is -0.444 e. The molecule has 0 spiro atoms. The molecule has 1 fully saturated rings. The number of nitrogens with one attached hydrogen (secondary N) is 1. The Morgan fingerprint density at radius 2 is 1.71 bits per heavy atom.